The van der Waals surface area contributed by atoms with Crippen molar-refractivity contribution in [3.63, 3.8) is 0 Å². The Kier molecular flexibility index (Phi) is 3.77. The lowest BCUT2D eigenvalue weighted by molar-refractivity contribution is 0.0934. The van der Waals surface area contributed by atoms with Crippen molar-refractivity contribution in [2.75, 3.05) is 18.8 Å². The van der Waals surface area contributed by atoms with E-state index in [1.807, 2.05) is 13.8 Å². The number of nitrogens with zero attached hydrogens (tertiary/aromatic N) is 2. The average Bonchev–Trinajstić information content (AvgIpc) is 2.82. The van der Waals surface area contributed by atoms with Gasteiger partial charge in [-0.3, -0.25) is 4.79 Å². The topological polar surface area (TPSA) is 92.9 Å². The maximum absolute atomic E-state index is 12.5. The van der Waals surface area contributed by atoms with E-state index in [0.29, 0.717) is 10.6 Å². The summed E-state index contributed by atoms with van der Waals surface area (Å²) < 4.78 is 0. The molecule has 0 unspecified atom stereocenters. The number of rotatable bonds is 2. The van der Waals surface area contributed by atoms with E-state index in [1.165, 1.54) is 11.3 Å². The number of aromatic nitrogens is 2. The number of aryl methyl sites for hydroxylation is 2. The lowest BCUT2D eigenvalue weighted by Gasteiger charge is -2.23. The van der Waals surface area contributed by atoms with Gasteiger partial charge in [0, 0.05) is 11.4 Å². The van der Waals surface area contributed by atoms with Gasteiger partial charge in [0.1, 0.15) is 9.71 Å². The third-order valence-corrected chi connectivity index (χ3v) is 5.10. The van der Waals surface area contributed by atoms with Crippen LogP contribution in [-0.4, -0.2) is 35.2 Å². The second kappa shape index (κ2) is 5.57. The quantitative estimate of drug-likeness (QED) is 0.779. The van der Waals surface area contributed by atoms with Gasteiger partial charge in [0.15, 0.2) is 0 Å². The number of carbonyl (C=O) groups excluding carboxylic acids is 1. The highest BCUT2D eigenvalue weighted by Crippen LogP contribution is 2.34. The van der Waals surface area contributed by atoms with Gasteiger partial charge in [-0.05, 0) is 45.3 Å². The maximum atomic E-state index is 12.5. The van der Waals surface area contributed by atoms with Crippen LogP contribution in [0.15, 0.2) is 0 Å². The van der Waals surface area contributed by atoms with Crippen molar-refractivity contribution < 1.29 is 4.79 Å². The van der Waals surface area contributed by atoms with Gasteiger partial charge in [-0.15, -0.1) is 16.4 Å². The fourth-order valence-electron chi connectivity index (χ4n) is 2.63. The van der Waals surface area contributed by atoms with Crippen LogP contribution in [-0.2, 0) is 0 Å². The zero-order valence-electron chi connectivity index (χ0n) is 12.2. The number of anilines is 1. The molecule has 21 heavy (non-hydrogen) atoms. The first-order chi connectivity index (χ1) is 10.1. The minimum Gasteiger partial charge on any atom is -0.397 e. The number of nitrogens with one attached hydrogen (secondary N) is 2. The summed E-state index contributed by atoms with van der Waals surface area (Å²) in [5.41, 5.74) is 8.55. The van der Waals surface area contributed by atoms with E-state index >= 15 is 0 Å². The molecule has 3 rings (SSSR count). The van der Waals surface area contributed by atoms with Crippen molar-refractivity contribution in [1.29, 1.82) is 0 Å². The summed E-state index contributed by atoms with van der Waals surface area (Å²) in [6.45, 7) is 5.74. The van der Waals surface area contributed by atoms with Crippen LogP contribution in [0.25, 0.3) is 10.2 Å². The van der Waals surface area contributed by atoms with Crippen molar-refractivity contribution in [1.82, 2.24) is 20.8 Å². The van der Waals surface area contributed by atoms with Gasteiger partial charge in [-0.25, -0.2) is 0 Å². The number of carbonyl (C=O) groups is 1. The first-order valence-electron chi connectivity index (χ1n) is 7.11. The Bertz CT molecular complexity index is 690. The molecule has 2 aromatic rings. The standard InChI is InChI=1S/C14H19N5OS/c1-7-8(2)18-19-14-10(7)11(15)12(21-14)13(20)17-9-3-5-16-6-4-9/h9,16H,3-6,15H2,1-2H3,(H,17,20). The monoisotopic (exact) mass is 305 g/mol. The summed E-state index contributed by atoms with van der Waals surface area (Å²) in [4.78, 5) is 13.7. The van der Waals surface area contributed by atoms with Gasteiger partial charge in [-0.2, -0.15) is 5.10 Å². The third kappa shape index (κ3) is 2.58. The normalized spacial score (nSPS) is 16.3. The van der Waals surface area contributed by atoms with Gasteiger partial charge >= 0.3 is 0 Å². The molecule has 4 N–H and O–H groups in total. The Labute approximate surface area is 127 Å². The molecule has 3 heterocycles. The fraction of sp³-hybridized carbons (Fsp3) is 0.500. The predicted octanol–water partition coefficient (Wildman–Crippen LogP) is 1.37. The molecular weight excluding hydrogens is 286 g/mol. The summed E-state index contributed by atoms with van der Waals surface area (Å²) >= 11 is 1.32. The van der Waals surface area contributed by atoms with E-state index in [9.17, 15) is 4.79 Å². The molecule has 1 amide bonds. The second-order valence-electron chi connectivity index (χ2n) is 5.43. The van der Waals surface area contributed by atoms with E-state index < -0.39 is 0 Å². The summed E-state index contributed by atoms with van der Waals surface area (Å²) in [7, 11) is 0. The molecule has 0 atom stereocenters. The SMILES string of the molecule is Cc1nnc2sc(C(=O)NC3CCNCC3)c(N)c2c1C. The van der Waals surface area contributed by atoms with E-state index in [-0.39, 0.29) is 11.9 Å². The summed E-state index contributed by atoms with van der Waals surface area (Å²) in [6, 6.07) is 0.220. The number of hydrogen-bond acceptors (Lipinski definition) is 6. The summed E-state index contributed by atoms with van der Waals surface area (Å²) in [5, 5.41) is 15.5. The minimum absolute atomic E-state index is 0.0977. The van der Waals surface area contributed by atoms with E-state index in [4.69, 9.17) is 5.73 Å². The zero-order valence-corrected chi connectivity index (χ0v) is 13.0. The van der Waals surface area contributed by atoms with Gasteiger partial charge < -0.3 is 16.4 Å². The van der Waals surface area contributed by atoms with Crippen LogP contribution in [0.1, 0.15) is 33.8 Å². The van der Waals surface area contributed by atoms with Gasteiger partial charge in [-0.1, -0.05) is 0 Å². The molecule has 0 aliphatic carbocycles. The molecule has 0 saturated carbocycles. The Morgan fingerprint density at radius 2 is 2.05 bits per heavy atom. The number of thiophene rings is 1. The van der Waals surface area contributed by atoms with Crippen molar-refractivity contribution in [3.8, 4) is 0 Å². The van der Waals surface area contributed by atoms with Gasteiger partial charge in [0.25, 0.3) is 5.91 Å². The van der Waals surface area contributed by atoms with E-state index in [0.717, 1.165) is 47.4 Å². The molecular formula is C14H19N5OS. The molecule has 7 heteroatoms. The van der Waals surface area contributed by atoms with Crippen LogP contribution >= 0.6 is 11.3 Å². The lowest BCUT2D eigenvalue weighted by atomic mass is 10.1. The first-order valence-corrected chi connectivity index (χ1v) is 7.93. The van der Waals surface area contributed by atoms with Crippen molar-refractivity contribution in [3.05, 3.63) is 16.1 Å². The Morgan fingerprint density at radius 1 is 1.33 bits per heavy atom. The maximum Gasteiger partial charge on any atom is 0.263 e. The van der Waals surface area contributed by atoms with Crippen molar-refractivity contribution in [2.45, 2.75) is 32.7 Å². The molecule has 112 valence electrons. The molecule has 6 nitrogen and oxygen atoms in total. The van der Waals surface area contributed by atoms with Crippen molar-refractivity contribution >= 4 is 33.1 Å². The largest absolute Gasteiger partial charge is 0.397 e. The van der Waals surface area contributed by atoms with Crippen LogP contribution in [0.3, 0.4) is 0 Å². The first kappa shape index (κ1) is 14.2. The molecule has 1 aliphatic heterocycles. The van der Waals surface area contributed by atoms with Crippen molar-refractivity contribution in [2.24, 2.45) is 0 Å². The summed E-state index contributed by atoms with van der Waals surface area (Å²) in [6.07, 6.45) is 1.91. The number of nitrogen functional groups attached to an aromatic ring is 1. The van der Waals surface area contributed by atoms with Crippen LogP contribution in [0.5, 0.6) is 0 Å². The van der Waals surface area contributed by atoms with Crippen LogP contribution in [0.2, 0.25) is 0 Å². The highest BCUT2D eigenvalue weighted by Gasteiger charge is 2.22. The predicted molar refractivity (Wildman–Crippen MR) is 84.7 cm³/mol. The smallest absolute Gasteiger partial charge is 0.263 e. The molecule has 2 aromatic heterocycles. The lowest BCUT2D eigenvalue weighted by Crippen LogP contribution is -2.42. The van der Waals surface area contributed by atoms with Crippen LogP contribution < -0.4 is 16.4 Å². The van der Waals surface area contributed by atoms with Crippen LogP contribution in [0, 0.1) is 13.8 Å². The number of amides is 1. The number of fused-ring (bicyclic) bond motifs is 1. The van der Waals surface area contributed by atoms with Crippen LogP contribution in [0.4, 0.5) is 5.69 Å². The molecule has 0 spiro atoms. The number of piperidine rings is 1. The molecule has 1 fully saturated rings. The Hall–Kier alpha value is -1.73. The molecule has 1 saturated heterocycles. The summed E-state index contributed by atoms with van der Waals surface area (Å²) in [5.74, 6) is -0.0977. The average molecular weight is 305 g/mol. The van der Waals surface area contributed by atoms with Gasteiger partial charge in [0.2, 0.25) is 0 Å². The molecule has 0 radical (unpaired) electrons. The number of hydrogen-bond donors (Lipinski definition) is 3. The van der Waals surface area contributed by atoms with E-state index in [2.05, 4.69) is 20.8 Å². The Balaban J connectivity index is 1.91. The highest BCUT2D eigenvalue weighted by molar-refractivity contribution is 7.21. The number of nitrogens with two attached hydrogens (primary N) is 1. The van der Waals surface area contributed by atoms with Gasteiger partial charge in [0.05, 0.1) is 11.4 Å². The second-order valence-corrected chi connectivity index (χ2v) is 6.43. The molecule has 1 aliphatic rings. The fourth-order valence-corrected chi connectivity index (χ4v) is 3.63. The molecule has 0 bridgehead atoms. The zero-order chi connectivity index (χ0) is 15.0. The Morgan fingerprint density at radius 3 is 2.76 bits per heavy atom. The third-order valence-electron chi connectivity index (χ3n) is 4.02. The highest BCUT2D eigenvalue weighted by atomic mass is 32.1. The minimum atomic E-state index is -0.0977. The van der Waals surface area contributed by atoms with E-state index in [1.54, 1.807) is 0 Å². The molecule has 0 aromatic carbocycles.